The summed E-state index contributed by atoms with van der Waals surface area (Å²) in [5.74, 6) is -0.268. The minimum absolute atomic E-state index is 0.268. The molecule has 1 N–H and O–H groups in total. The highest BCUT2D eigenvalue weighted by molar-refractivity contribution is 5.82. The minimum Gasteiger partial charge on any atom is -0.468 e. The lowest BCUT2D eigenvalue weighted by molar-refractivity contribution is -0.169. The first-order valence-corrected chi connectivity index (χ1v) is 3.77. The summed E-state index contributed by atoms with van der Waals surface area (Å²) in [7, 11) is 1.37. The van der Waals surface area contributed by atoms with E-state index in [0.29, 0.717) is 19.8 Å². The van der Waals surface area contributed by atoms with Crippen LogP contribution in [0.4, 0.5) is 0 Å². The SMILES string of the molecule is C=CCNC1(C(=O)OC)COC1. The third-order valence-electron chi connectivity index (χ3n) is 1.86. The molecule has 0 radical (unpaired) electrons. The quantitative estimate of drug-likeness (QED) is 0.466. The zero-order valence-electron chi connectivity index (χ0n) is 7.13. The van der Waals surface area contributed by atoms with Crippen LogP contribution in [-0.2, 0) is 14.3 Å². The average Bonchev–Trinajstić information content (AvgIpc) is 2.02. The van der Waals surface area contributed by atoms with Gasteiger partial charge in [-0.1, -0.05) is 6.08 Å². The maximum absolute atomic E-state index is 11.2. The van der Waals surface area contributed by atoms with Crippen LogP contribution >= 0.6 is 0 Å². The first-order chi connectivity index (χ1) is 5.75. The molecule has 0 amide bonds. The van der Waals surface area contributed by atoms with Crippen LogP contribution < -0.4 is 5.32 Å². The van der Waals surface area contributed by atoms with Gasteiger partial charge in [0.15, 0.2) is 5.54 Å². The molecule has 4 nitrogen and oxygen atoms in total. The van der Waals surface area contributed by atoms with Crippen LogP contribution in [0.25, 0.3) is 0 Å². The van der Waals surface area contributed by atoms with Crippen molar-refractivity contribution in [2.75, 3.05) is 26.9 Å². The molecule has 0 saturated carbocycles. The van der Waals surface area contributed by atoms with E-state index in [2.05, 4.69) is 16.6 Å². The number of ether oxygens (including phenoxy) is 2. The van der Waals surface area contributed by atoms with E-state index in [0.717, 1.165) is 0 Å². The third kappa shape index (κ3) is 1.49. The van der Waals surface area contributed by atoms with E-state index in [1.54, 1.807) is 6.08 Å². The highest BCUT2D eigenvalue weighted by atomic mass is 16.5. The first kappa shape index (κ1) is 9.22. The Kier molecular flexibility index (Phi) is 2.83. The highest BCUT2D eigenvalue weighted by Gasteiger charge is 2.46. The molecule has 0 atom stereocenters. The van der Waals surface area contributed by atoms with E-state index in [9.17, 15) is 4.79 Å². The maximum Gasteiger partial charge on any atom is 0.330 e. The number of hydrogen-bond donors (Lipinski definition) is 1. The van der Waals surface area contributed by atoms with Crippen LogP contribution in [0.2, 0.25) is 0 Å². The Morgan fingerprint density at radius 1 is 1.83 bits per heavy atom. The van der Waals surface area contributed by atoms with Gasteiger partial charge in [-0.2, -0.15) is 0 Å². The number of rotatable bonds is 4. The van der Waals surface area contributed by atoms with Gasteiger partial charge in [-0.25, -0.2) is 4.79 Å². The van der Waals surface area contributed by atoms with Crippen molar-refractivity contribution in [2.24, 2.45) is 0 Å². The van der Waals surface area contributed by atoms with E-state index < -0.39 is 5.54 Å². The first-order valence-electron chi connectivity index (χ1n) is 3.77. The molecule has 0 aromatic heterocycles. The minimum atomic E-state index is -0.622. The van der Waals surface area contributed by atoms with Crippen LogP contribution in [0.15, 0.2) is 12.7 Å². The van der Waals surface area contributed by atoms with Crippen molar-refractivity contribution >= 4 is 5.97 Å². The smallest absolute Gasteiger partial charge is 0.330 e. The van der Waals surface area contributed by atoms with Crippen LogP contribution in [0.3, 0.4) is 0 Å². The lowest BCUT2D eigenvalue weighted by atomic mass is 9.98. The van der Waals surface area contributed by atoms with Gasteiger partial charge >= 0.3 is 5.97 Å². The molecule has 0 aliphatic carbocycles. The van der Waals surface area contributed by atoms with Gasteiger partial charge in [0, 0.05) is 6.54 Å². The Labute approximate surface area is 71.5 Å². The van der Waals surface area contributed by atoms with Gasteiger partial charge in [-0.3, -0.25) is 5.32 Å². The fourth-order valence-electron chi connectivity index (χ4n) is 1.06. The normalized spacial score (nSPS) is 19.4. The monoisotopic (exact) mass is 171 g/mol. The molecular formula is C8H13NO3. The fourth-order valence-corrected chi connectivity index (χ4v) is 1.06. The molecule has 0 aromatic carbocycles. The lowest BCUT2D eigenvalue weighted by Crippen LogP contribution is -2.66. The topological polar surface area (TPSA) is 47.6 Å². The fraction of sp³-hybridized carbons (Fsp3) is 0.625. The largest absolute Gasteiger partial charge is 0.468 e. The molecule has 0 spiro atoms. The van der Waals surface area contributed by atoms with Crippen LogP contribution in [-0.4, -0.2) is 38.4 Å². The Morgan fingerprint density at radius 2 is 2.50 bits per heavy atom. The predicted octanol–water partition coefficient (Wildman–Crippen LogP) is -0.296. The van der Waals surface area contributed by atoms with Crippen molar-refractivity contribution in [3.8, 4) is 0 Å². The molecule has 1 saturated heterocycles. The van der Waals surface area contributed by atoms with E-state index in [4.69, 9.17) is 4.74 Å². The third-order valence-corrected chi connectivity index (χ3v) is 1.86. The van der Waals surface area contributed by atoms with Crippen molar-refractivity contribution < 1.29 is 14.3 Å². The zero-order chi connectivity index (χ0) is 9.03. The number of methoxy groups -OCH3 is 1. The second-order valence-electron chi connectivity index (χ2n) is 2.74. The van der Waals surface area contributed by atoms with E-state index in [1.165, 1.54) is 7.11 Å². The van der Waals surface area contributed by atoms with Gasteiger partial charge in [-0.05, 0) is 0 Å². The van der Waals surface area contributed by atoms with Crippen molar-refractivity contribution in [1.82, 2.24) is 5.32 Å². The van der Waals surface area contributed by atoms with Crippen LogP contribution in [0, 0.1) is 0 Å². The summed E-state index contributed by atoms with van der Waals surface area (Å²) in [5, 5.41) is 3.02. The predicted molar refractivity (Wildman–Crippen MR) is 43.8 cm³/mol. The molecule has 0 unspecified atom stereocenters. The summed E-state index contributed by atoms with van der Waals surface area (Å²) in [4.78, 5) is 11.2. The number of esters is 1. The van der Waals surface area contributed by atoms with Crippen molar-refractivity contribution in [2.45, 2.75) is 5.54 Å². The molecule has 68 valence electrons. The Morgan fingerprint density at radius 3 is 2.83 bits per heavy atom. The Bertz CT molecular complexity index is 187. The molecule has 1 aliphatic rings. The molecule has 12 heavy (non-hydrogen) atoms. The summed E-state index contributed by atoms with van der Waals surface area (Å²) < 4.78 is 9.60. The summed E-state index contributed by atoms with van der Waals surface area (Å²) in [6.45, 7) is 4.90. The molecule has 1 fully saturated rings. The van der Waals surface area contributed by atoms with E-state index in [-0.39, 0.29) is 5.97 Å². The molecule has 4 heteroatoms. The summed E-state index contributed by atoms with van der Waals surface area (Å²) in [5.41, 5.74) is -0.622. The number of carbonyl (C=O) groups excluding carboxylic acids is 1. The number of hydrogen-bond acceptors (Lipinski definition) is 4. The summed E-state index contributed by atoms with van der Waals surface area (Å²) >= 11 is 0. The van der Waals surface area contributed by atoms with Gasteiger partial charge in [0.25, 0.3) is 0 Å². The van der Waals surface area contributed by atoms with Crippen LogP contribution in [0.1, 0.15) is 0 Å². The average molecular weight is 171 g/mol. The second kappa shape index (κ2) is 3.69. The Hall–Kier alpha value is -0.870. The number of carbonyl (C=O) groups is 1. The molecule has 1 aliphatic heterocycles. The zero-order valence-corrected chi connectivity index (χ0v) is 7.13. The second-order valence-corrected chi connectivity index (χ2v) is 2.74. The standard InChI is InChI=1S/C8H13NO3/c1-3-4-9-8(5-12-6-8)7(10)11-2/h3,9H,1,4-6H2,2H3. The Balaban J connectivity index is 2.50. The van der Waals surface area contributed by atoms with Crippen molar-refractivity contribution in [3.05, 3.63) is 12.7 Å². The lowest BCUT2D eigenvalue weighted by Gasteiger charge is -2.38. The van der Waals surface area contributed by atoms with Gasteiger partial charge in [0.1, 0.15) is 0 Å². The molecule has 0 bridgehead atoms. The summed E-state index contributed by atoms with van der Waals surface area (Å²) in [6.07, 6.45) is 1.70. The molecular weight excluding hydrogens is 158 g/mol. The van der Waals surface area contributed by atoms with Crippen LogP contribution in [0.5, 0.6) is 0 Å². The molecule has 0 aromatic rings. The summed E-state index contributed by atoms with van der Waals surface area (Å²) in [6, 6.07) is 0. The van der Waals surface area contributed by atoms with E-state index in [1.807, 2.05) is 0 Å². The maximum atomic E-state index is 11.2. The van der Waals surface area contributed by atoms with Gasteiger partial charge in [0.05, 0.1) is 20.3 Å². The van der Waals surface area contributed by atoms with Gasteiger partial charge < -0.3 is 9.47 Å². The number of nitrogens with one attached hydrogen (secondary N) is 1. The van der Waals surface area contributed by atoms with Crippen molar-refractivity contribution in [3.63, 3.8) is 0 Å². The molecule has 1 heterocycles. The van der Waals surface area contributed by atoms with Gasteiger partial charge in [-0.15, -0.1) is 6.58 Å². The highest BCUT2D eigenvalue weighted by Crippen LogP contribution is 2.18. The van der Waals surface area contributed by atoms with E-state index >= 15 is 0 Å². The molecule has 1 rings (SSSR count). The van der Waals surface area contributed by atoms with Gasteiger partial charge in [0.2, 0.25) is 0 Å². The van der Waals surface area contributed by atoms with Crippen molar-refractivity contribution in [1.29, 1.82) is 0 Å².